The molecule has 0 bridgehead atoms. The zero-order valence-electron chi connectivity index (χ0n) is 42.8. The molecule has 0 saturated carbocycles. The van der Waals surface area contributed by atoms with Gasteiger partial charge in [-0.1, -0.05) is 176 Å². The van der Waals surface area contributed by atoms with Crippen molar-refractivity contribution in [2.75, 3.05) is 9.80 Å². The van der Waals surface area contributed by atoms with Gasteiger partial charge in [-0.2, -0.15) is 0 Å². The first-order chi connectivity index (χ1) is 39.1. The van der Waals surface area contributed by atoms with Gasteiger partial charge in [0.1, 0.15) is 0 Å². The second-order valence-corrected chi connectivity index (χ2v) is 22.7. The molecular weight excluding hydrogens is 995 g/mol. The Bertz CT molecular complexity index is 5010. The third kappa shape index (κ3) is 7.77. The van der Waals surface area contributed by atoms with Crippen LogP contribution in [0.2, 0.25) is 0 Å². The van der Waals surface area contributed by atoms with Gasteiger partial charge in [-0.25, -0.2) is 0 Å². The van der Waals surface area contributed by atoms with Gasteiger partial charge < -0.3 is 14.4 Å². The molecule has 3 nitrogen and oxygen atoms in total. The summed E-state index contributed by atoms with van der Waals surface area (Å²) >= 11 is 3.72. The largest absolute Gasteiger partial charge is 0.310 e. The molecule has 3 heterocycles. The highest BCUT2D eigenvalue weighted by molar-refractivity contribution is 7.26. The minimum absolute atomic E-state index is 1.08. The zero-order chi connectivity index (χ0) is 52.0. The monoisotopic (exact) mass is 1040 g/mol. The normalized spacial score (nSPS) is 11.8. The average Bonchev–Trinajstić information content (AvgIpc) is 4.32. The van der Waals surface area contributed by atoms with Gasteiger partial charge in [-0.15, -0.1) is 22.7 Å². The van der Waals surface area contributed by atoms with Crippen LogP contribution in [0.15, 0.2) is 285 Å². The molecule has 0 unspecified atom stereocenters. The Hall–Kier alpha value is -9.78. The van der Waals surface area contributed by atoms with Crippen LogP contribution < -0.4 is 9.80 Å². The molecule has 0 spiro atoms. The lowest BCUT2D eigenvalue weighted by atomic mass is 10.0. The number of thiophene rings is 2. The molecule has 3 aromatic heterocycles. The van der Waals surface area contributed by atoms with Crippen molar-refractivity contribution in [3.05, 3.63) is 285 Å². The number of aromatic nitrogens is 1. The molecule has 79 heavy (non-hydrogen) atoms. The number of benzene rings is 13. The van der Waals surface area contributed by atoms with E-state index in [4.69, 9.17) is 0 Å². The maximum atomic E-state index is 2.49. The molecule has 5 heteroatoms. The lowest BCUT2D eigenvalue weighted by molar-refractivity contribution is 1.18. The molecule has 16 rings (SSSR count). The summed E-state index contributed by atoms with van der Waals surface area (Å²) in [4.78, 5) is 4.85. The Labute approximate surface area is 465 Å². The van der Waals surface area contributed by atoms with Crippen LogP contribution >= 0.6 is 22.7 Å². The van der Waals surface area contributed by atoms with Crippen molar-refractivity contribution < 1.29 is 0 Å². The molecule has 0 fully saturated rings. The van der Waals surface area contributed by atoms with Crippen LogP contribution in [0, 0.1) is 0 Å². The maximum Gasteiger partial charge on any atom is 0.0561 e. The molecule has 13 aromatic carbocycles. The lowest BCUT2D eigenvalue weighted by Crippen LogP contribution is -2.10. The summed E-state index contributed by atoms with van der Waals surface area (Å²) < 4.78 is 7.64. The van der Waals surface area contributed by atoms with Crippen LogP contribution in [0.5, 0.6) is 0 Å². The molecule has 0 saturated heterocycles. The van der Waals surface area contributed by atoms with E-state index in [-0.39, 0.29) is 0 Å². The van der Waals surface area contributed by atoms with Gasteiger partial charge in [0.25, 0.3) is 0 Å². The third-order valence-electron chi connectivity index (χ3n) is 15.9. The molecule has 0 radical (unpaired) electrons. The molecular formula is C74H47N3S2. The first kappa shape index (κ1) is 45.4. The Morgan fingerprint density at radius 2 is 0.646 bits per heavy atom. The molecule has 16 aromatic rings. The number of hydrogen-bond acceptors (Lipinski definition) is 4. The van der Waals surface area contributed by atoms with Gasteiger partial charge in [0.15, 0.2) is 0 Å². The summed E-state index contributed by atoms with van der Waals surface area (Å²) in [5, 5.41) is 12.4. The number of hydrogen-bond donors (Lipinski definition) is 0. The predicted octanol–water partition coefficient (Wildman–Crippen LogP) is 22.1. The molecule has 370 valence electrons. The van der Waals surface area contributed by atoms with Crippen LogP contribution in [0.25, 0.3) is 112 Å². The van der Waals surface area contributed by atoms with E-state index in [1.807, 2.05) is 22.7 Å². The van der Waals surface area contributed by atoms with Crippen LogP contribution in [0.4, 0.5) is 34.1 Å². The molecule has 0 amide bonds. The number of nitrogens with zero attached hydrogens (tertiary/aromatic N) is 3. The fourth-order valence-electron chi connectivity index (χ4n) is 12.1. The summed E-state index contributed by atoms with van der Waals surface area (Å²) in [5.74, 6) is 0. The summed E-state index contributed by atoms with van der Waals surface area (Å²) in [6.07, 6.45) is 0. The Morgan fingerprint density at radius 1 is 0.228 bits per heavy atom. The molecule has 0 aliphatic carbocycles. The van der Waals surface area contributed by atoms with Gasteiger partial charge in [0.2, 0.25) is 0 Å². The summed E-state index contributed by atoms with van der Waals surface area (Å²) in [5.41, 5.74) is 14.8. The van der Waals surface area contributed by atoms with Gasteiger partial charge in [0, 0.05) is 90.9 Å². The van der Waals surface area contributed by atoms with E-state index >= 15 is 0 Å². The van der Waals surface area contributed by atoms with Crippen LogP contribution in [0.1, 0.15) is 0 Å². The fraction of sp³-hybridized carbons (Fsp3) is 0. The minimum Gasteiger partial charge on any atom is -0.310 e. The third-order valence-corrected chi connectivity index (χ3v) is 18.2. The number of fused-ring (bicyclic) bond motifs is 11. The van der Waals surface area contributed by atoms with Gasteiger partial charge in [0.05, 0.1) is 11.0 Å². The zero-order valence-corrected chi connectivity index (χ0v) is 44.4. The van der Waals surface area contributed by atoms with Gasteiger partial charge >= 0.3 is 0 Å². The first-order valence-corrected chi connectivity index (χ1v) is 28.5. The van der Waals surface area contributed by atoms with E-state index in [2.05, 4.69) is 299 Å². The van der Waals surface area contributed by atoms with Gasteiger partial charge in [-0.05, 0) is 153 Å². The Morgan fingerprint density at radius 3 is 1.24 bits per heavy atom. The molecule has 0 aliphatic rings. The lowest BCUT2D eigenvalue weighted by Gasteiger charge is -2.26. The van der Waals surface area contributed by atoms with E-state index in [1.165, 1.54) is 94.9 Å². The standard InChI is InChI=1S/C74H47N3S2/c1-3-13-48(14-4-1)51-23-29-56(30-24-51)75(61-36-39-66-64-19-9-11-21-71(64)78-73(66)46-61)58-34-28-54-43-68-63-38-35-60(45-70(63)77(69(68)44-55(54)42-58)59-33-27-50-17-7-8-18-53(50)41-59)76(57-31-25-52(26-32-57)49-15-5-2-6-16-49)62-37-40-67-65-20-10-12-22-72(65)79-74(67)47-62/h1-47H. The number of anilines is 6. The van der Waals surface area contributed by atoms with E-state index in [1.54, 1.807) is 0 Å². The van der Waals surface area contributed by atoms with Crippen molar-refractivity contribution in [1.29, 1.82) is 0 Å². The van der Waals surface area contributed by atoms with Crippen molar-refractivity contribution in [2.45, 2.75) is 0 Å². The molecule has 0 N–H and O–H groups in total. The number of rotatable bonds is 9. The van der Waals surface area contributed by atoms with Crippen molar-refractivity contribution in [3.8, 4) is 27.9 Å². The molecule has 0 atom stereocenters. The van der Waals surface area contributed by atoms with E-state index in [0.717, 1.165) is 50.8 Å². The molecule has 0 aliphatic heterocycles. The fourth-order valence-corrected chi connectivity index (χ4v) is 14.4. The highest BCUT2D eigenvalue weighted by atomic mass is 32.1. The van der Waals surface area contributed by atoms with Crippen molar-refractivity contribution in [1.82, 2.24) is 4.57 Å². The highest BCUT2D eigenvalue weighted by Crippen LogP contribution is 2.46. The quantitative estimate of drug-likeness (QED) is 0.143. The van der Waals surface area contributed by atoms with E-state index in [9.17, 15) is 0 Å². The second kappa shape index (κ2) is 18.5. The van der Waals surface area contributed by atoms with Crippen LogP contribution in [-0.2, 0) is 0 Å². The van der Waals surface area contributed by atoms with Gasteiger partial charge in [-0.3, -0.25) is 0 Å². The van der Waals surface area contributed by atoms with Crippen LogP contribution in [-0.4, -0.2) is 4.57 Å². The SMILES string of the molecule is c1ccc(-c2ccc(N(c3ccc4cc5c6ccc(N(c7ccc(-c8ccccc8)cc7)c7ccc8c(c7)sc7ccccc78)cc6n(-c6ccc7ccccc7c6)c5cc4c3)c3ccc4c(c3)sc3ccccc34)cc2)cc1. The second-order valence-electron chi connectivity index (χ2n) is 20.5. The van der Waals surface area contributed by atoms with Crippen LogP contribution in [0.3, 0.4) is 0 Å². The topological polar surface area (TPSA) is 11.4 Å². The Balaban J connectivity index is 0.891. The van der Waals surface area contributed by atoms with Crippen molar-refractivity contribution in [2.24, 2.45) is 0 Å². The minimum atomic E-state index is 1.08. The smallest absolute Gasteiger partial charge is 0.0561 e. The Kier molecular flexibility index (Phi) is 10.6. The first-order valence-electron chi connectivity index (χ1n) is 26.9. The predicted molar refractivity (Wildman–Crippen MR) is 342 cm³/mol. The van der Waals surface area contributed by atoms with E-state index in [0.29, 0.717) is 0 Å². The summed E-state index contributed by atoms with van der Waals surface area (Å²) in [6, 6.07) is 105. The summed E-state index contributed by atoms with van der Waals surface area (Å²) in [6.45, 7) is 0. The van der Waals surface area contributed by atoms with Crippen molar-refractivity contribution in [3.63, 3.8) is 0 Å². The summed E-state index contributed by atoms with van der Waals surface area (Å²) in [7, 11) is 0. The highest BCUT2D eigenvalue weighted by Gasteiger charge is 2.22. The maximum absolute atomic E-state index is 2.49. The average molecular weight is 1040 g/mol. The van der Waals surface area contributed by atoms with Crippen molar-refractivity contribution >= 4 is 140 Å². The van der Waals surface area contributed by atoms with E-state index < -0.39 is 0 Å².